The first-order valence-electron chi connectivity index (χ1n) is 9.44. The molecule has 1 amide bonds. The summed E-state index contributed by atoms with van der Waals surface area (Å²) in [7, 11) is 0. The third-order valence-electron chi connectivity index (χ3n) is 5.01. The highest BCUT2D eigenvalue weighted by Gasteiger charge is 2.26. The summed E-state index contributed by atoms with van der Waals surface area (Å²) in [6.07, 6.45) is 0.882. The molecule has 0 aliphatic carbocycles. The van der Waals surface area contributed by atoms with Crippen LogP contribution in [0.15, 0.2) is 18.2 Å². The Morgan fingerprint density at radius 3 is 2.89 bits per heavy atom. The van der Waals surface area contributed by atoms with Crippen molar-refractivity contribution in [2.45, 2.75) is 39.8 Å². The summed E-state index contributed by atoms with van der Waals surface area (Å²) in [6.45, 7) is 8.01. The minimum absolute atomic E-state index is 0.0298. The normalized spacial score (nSPS) is 16.4. The van der Waals surface area contributed by atoms with Crippen LogP contribution in [-0.4, -0.2) is 41.6 Å². The van der Waals surface area contributed by atoms with Gasteiger partial charge in [0.1, 0.15) is 17.4 Å². The van der Waals surface area contributed by atoms with E-state index in [2.05, 4.69) is 20.2 Å². The van der Waals surface area contributed by atoms with Crippen molar-refractivity contribution >= 4 is 11.7 Å². The van der Waals surface area contributed by atoms with Crippen molar-refractivity contribution in [2.24, 2.45) is 5.73 Å². The fourth-order valence-electron chi connectivity index (χ4n) is 3.40. The van der Waals surface area contributed by atoms with Crippen molar-refractivity contribution in [1.29, 1.82) is 0 Å². The summed E-state index contributed by atoms with van der Waals surface area (Å²) in [6, 6.07) is 5.04. The van der Waals surface area contributed by atoms with E-state index in [9.17, 15) is 9.18 Å². The molecule has 1 aromatic carbocycles. The van der Waals surface area contributed by atoms with Crippen LogP contribution in [0.2, 0.25) is 0 Å². The van der Waals surface area contributed by atoms with Crippen LogP contribution in [0.1, 0.15) is 40.8 Å². The molecule has 3 N–H and O–H groups in total. The molecule has 0 radical (unpaired) electrons. The van der Waals surface area contributed by atoms with Gasteiger partial charge < -0.3 is 20.7 Å². The molecule has 1 aliphatic rings. The number of ether oxygens (including phenoxy) is 1. The lowest BCUT2D eigenvalue weighted by atomic mass is 10.1. The molecule has 1 aromatic heterocycles. The van der Waals surface area contributed by atoms with Crippen molar-refractivity contribution in [3.8, 4) is 5.75 Å². The molecule has 3 rings (SSSR count). The number of primary amides is 1. The van der Waals surface area contributed by atoms with Crippen LogP contribution in [-0.2, 0) is 6.54 Å². The Kier molecular flexibility index (Phi) is 6.08. The van der Waals surface area contributed by atoms with Gasteiger partial charge in [-0.3, -0.25) is 4.79 Å². The number of aromatic nitrogens is 2. The van der Waals surface area contributed by atoms with Crippen molar-refractivity contribution in [1.82, 2.24) is 15.3 Å². The summed E-state index contributed by atoms with van der Waals surface area (Å²) in [5.41, 5.74) is 7.55. The van der Waals surface area contributed by atoms with Gasteiger partial charge in [0.2, 0.25) is 5.82 Å². The average molecular weight is 387 g/mol. The van der Waals surface area contributed by atoms with E-state index in [1.54, 1.807) is 12.1 Å². The van der Waals surface area contributed by atoms with E-state index in [1.165, 1.54) is 6.07 Å². The van der Waals surface area contributed by atoms with Crippen LogP contribution in [0, 0.1) is 19.7 Å². The van der Waals surface area contributed by atoms with E-state index >= 15 is 0 Å². The molecule has 0 bridgehead atoms. The van der Waals surface area contributed by atoms with Crippen LogP contribution >= 0.6 is 0 Å². The Morgan fingerprint density at radius 2 is 2.18 bits per heavy atom. The molecule has 1 aliphatic heterocycles. The highest BCUT2D eigenvalue weighted by atomic mass is 19.1. The number of amides is 1. The fraction of sp³-hybridized carbons (Fsp3) is 0.450. The number of nitrogens with one attached hydrogen (secondary N) is 1. The molecule has 1 atom stereocenters. The molecule has 1 fully saturated rings. The second-order valence-electron chi connectivity index (χ2n) is 6.91. The second kappa shape index (κ2) is 8.52. The number of carbonyl (C=O) groups is 1. The number of hydrogen-bond acceptors (Lipinski definition) is 6. The number of halogens is 1. The summed E-state index contributed by atoms with van der Waals surface area (Å²) in [5.74, 6) is 0.412. The number of anilines is 1. The van der Waals surface area contributed by atoms with Gasteiger partial charge in [0.25, 0.3) is 5.91 Å². The largest absolute Gasteiger partial charge is 0.493 e. The molecule has 7 nitrogen and oxygen atoms in total. The lowest BCUT2D eigenvalue weighted by Gasteiger charge is -2.21. The smallest absolute Gasteiger partial charge is 0.286 e. The number of carbonyl (C=O) groups excluding carboxylic acids is 1. The lowest BCUT2D eigenvalue weighted by molar-refractivity contribution is 0.0990. The Balaban J connectivity index is 1.70. The predicted octanol–water partition coefficient (Wildman–Crippen LogP) is 2.10. The van der Waals surface area contributed by atoms with E-state index < -0.39 is 5.91 Å². The van der Waals surface area contributed by atoms with Gasteiger partial charge in [-0.2, -0.15) is 0 Å². The summed E-state index contributed by atoms with van der Waals surface area (Å²) >= 11 is 0. The third kappa shape index (κ3) is 4.22. The molecule has 1 saturated heterocycles. The van der Waals surface area contributed by atoms with Crippen molar-refractivity contribution in [3.05, 3.63) is 46.7 Å². The molecule has 2 heterocycles. The Labute approximate surface area is 164 Å². The maximum atomic E-state index is 14.2. The molecule has 0 unspecified atom stereocenters. The van der Waals surface area contributed by atoms with E-state index in [4.69, 9.17) is 10.5 Å². The van der Waals surface area contributed by atoms with Crippen molar-refractivity contribution in [2.75, 3.05) is 24.6 Å². The average Bonchev–Trinajstić information content (AvgIpc) is 3.12. The SMILES string of the molecule is CCOc1cccc(F)c1CN[C@@H]1CCN(c2nc(C(N)=O)nc(C)c2C)C1. The van der Waals surface area contributed by atoms with Gasteiger partial charge >= 0.3 is 0 Å². The van der Waals surface area contributed by atoms with Crippen LogP contribution in [0.4, 0.5) is 10.2 Å². The topological polar surface area (TPSA) is 93.4 Å². The van der Waals surface area contributed by atoms with Gasteiger partial charge in [-0.15, -0.1) is 0 Å². The van der Waals surface area contributed by atoms with Crippen molar-refractivity contribution in [3.63, 3.8) is 0 Å². The maximum Gasteiger partial charge on any atom is 0.286 e. The van der Waals surface area contributed by atoms with Gasteiger partial charge in [-0.25, -0.2) is 14.4 Å². The molecule has 2 aromatic rings. The highest BCUT2D eigenvalue weighted by Crippen LogP contribution is 2.25. The zero-order valence-corrected chi connectivity index (χ0v) is 16.5. The zero-order valence-electron chi connectivity index (χ0n) is 16.5. The third-order valence-corrected chi connectivity index (χ3v) is 5.01. The molecule has 8 heteroatoms. The van der Waals surface area contributed by atoms with E-state index in [0.29, 0.717) is 31.0 Å². The summed E-state index contributed by atoms with van der Waals surface area (Å²) < 4.78 is 19.8. The van der Waals surface area contributed by atoms with Gasteiger partial charge in [-0.05, 0) is 39.3 Å². The molecule has 150 valence electrons. The molecule has 28 heavy (non-hydrogen) atoms. The summed E-state index contributed by atoms with van der Waals surface area (Å²) in [4.78, 5) is 22.1. The quantitative estimate of drug-likeness (QED) is 0.756. The molecular formula is C20H26FN5O2. The number of aryl methyl sites for hydroxylation is 1. The van der Waals surface area contributed by atoms with Crippen LogP contribution in [0.3, 0.4) is 0 Å². The monoisotopic (exact) mass is 387 g/mol. The minimum Gasteiger partial charge on any atom is -0.493 e. The first-order chi connectivity index (χ1) is 13.4. The second-order valence-corrected chi connectivity index (χ2v) is 6.91. The van der Waals surface area contributed by atoms with E-state index in [0.717, 1.165) is 30.0 Å². The number of nitrogens with two attached hydrogens (primary N) is 1. The molecule has 0 saturated carbocycles. The number of benzene rings is 1. The number of hydrogen-bond donors (Lipinski definition) is 2. The van der Waals surface area contributed by atoms with E-state index in [-0.39, 0.29) is 17.7 Å². The molecular weight excluding hydrogens is 361 g/mol. The Hall–Kier alpha value is -2.74. The Bertz CT molecular complexity index is 874. The highest BCUT2D eigenvalue weighted by molar-refractivity contribution is 5.89. The molecule has 0 spiro atoms. The van der Waals surface area contributed by atoms with Crippen LogP contribution in [0.5, 0.6) is 5.75 Å². The predicted molar refractivity (Wildman–Crippen MR) is 105 cm³/mol. The Morgan fingerprint density at radius 1 is 1.39 bits per heavy atom. The first kappa shape index (κ1) is 20.0. The number of rotatable bonds is 7. The fourth-order valence-corrected chi connectivity index (χ4v) is 3.40. The first-order valence-corrected chi connectivity index (χ1v) is 9.44. The van der Waals surface area contributed by atoms with Gasteiger partial charge in [-0.1, -0.05) is 6.07 Å². The maximum absolute atomic E-state index is 14.2. The zero-order chi connectivity index (χ0) is 20.3. The van der Waals surface area contributed by atoms with Crippen LogP contribution < -0.4 is 20.7 Å². The van der Waals surface area contributed by atoms with E-state index in [1.807, 2.05) is 20.8 Å². The minimum atomic E-state index is -0.638. The van der Waals surface area contributed by atoms with Gasteiger partial charge in [0.15, 0.2) is 0 Å². The van der Waals surface area contributed by atoms with Gasteiger partial charge in [0.05, 0.1) is 6.61 Å². The standard InChI is InChI=1S/C20H26FN5O2/c1-4-28-17-7-5-6-16(21)15(17)10-23-14-8-9-26(11-14)20-12(2)13(3)24-19(25-20)18(22)27/h5-7,14,23H,4,8-11H2,1-3H3,(H2,22,27)/t14-/m1/s1. The van der Waals surface area contributed by atoms with Crippen molar-refractivity contribution < 1.29 is 13.9 Å². The lowest BCUT2D eigenvalue weighted by Crippen LogP contribution is -2.33. The van der Waals surface area contributed by atoms with Gasteiger partial charge in [0, 0.05) is 42.5 Å². The number of nitrogens with zero attached hydrogens (tertiary/aromatic N) is 3. The summed E-state index contributed by atoms with van der Waals surface area (Å²) in [5, 5.41) is 3.41. The van der Waals surface area contributed by atoms with Crippen LogP contribution in [0.25, 0.3) is 0 Å².